The third kappa shape index (κ3) is 3.31. The predicted octanol–water partition coefficient (Wildman–Crippen LogP) is 2.05. The molecule has 2 atom stereocenters. The van der Waals surface area contributed by atoms with Crippen molar-refractivity contribution in [3.8, 4) is 0 Å². The average Bonchev–Trinajstić information content (AvgIpc) is 2.73. The molecule has 1 aliphatic rings. The third-order valence-corrected chi connectivity index (χ3v) is 3.11. The number of nitrogens with one attached hydrogen (secondary N) is 1. The molecular formula is C14H19NO3. The molecular weight excluding hydrogens is 230 g/mol. The van der Waals surface area contributed by atoms with Crippen molar-refractivity contribution >= 4 is 5.97 Å². The minimum Gasteiger partial charge on any atom is -0.464 e. The molecule has 0 aromatic heterocycles. The second-order valence-corrected chi connectivity index (χ2v) is 4.52. The molecule has 1 aromatic carbocycles. The number of carbonyl (C=O) groups excluding carboxylic acids is 1. The van der Waals surface area contributed by atoms with Crippen LogP contribution in [0.4, 0.5) is 0 Å². The Kier molecular flexibility index (Phi) is 4.73. The Hall–Kier alpha value is -1.39. The first kappa shape index (κ1) is 13.1. The van der Waals surface area contributed by atoms with E-state index in [9.17, 15) is 4.79 Å². The lowest BCUT2D eigenvalue weighted by Crippen LogP contribution is -2.36. The van der Waals surface area contributed by atoms with E-state index in [1.807, 2.05) is 30.3 Å². The second-order valence-electron chi connectivity index (χ2n) is 4.52. The van der Waals surface area contributed by atoms with Crippen LogP contribution in [0, 0.1) is 5.92 Å². The Morgan fingerprint density at radius 1 is 1.39 bits per heavy atom. The van der Waals surface area contributed by atoms with Crippen LogP contribution in [-0.4, -0.2) is 18.6 Å². The highest BCUT2D eigenvalue weighted by Crippen LogP contribution is 2.20. The Morgan fingerprint density at radius 2 is 2.17 bits per heavy atom. The number of benzene rings is 1. The molecule has 1 aliphatic heterocycles. The monoisotopic (exact) mass is 249 g/mol. The first-order chi connectivity index (χ1) is 8.81. The van der Waals surface area contributed by atoms with Gasteiger partial charge in [0.2, 0.25) is 0 Å². The molecule has 1 N–H and O–H groups in total. The highest BCUT2D eigenvalue weighted by atomic mass is 16.6. The zero-order chi connectivity index (χ0) is 12.8. The fourth-order valence-corrected chi connectivity index (χ4v) is 2.11. The number of hydrogen-bond acceptors (Lipinski definition) is 4. The molecule has 18 heavy (non-hydrogen) atoms. The maximum atomic E-state index is 11.5. The van der Waals surface area contributed by atoms with Gasteiger partial charge in [-0.05, 0) is 12.0 Å². The normalized spacial score (nSPS) is 23.1. The van der Waals surface area contributed by atoms with Gasteiger partial charge in [-0.1, -0.05) is 43.7 Å². The van der Waals surface area contributed by atoms with Crippen molar-refractivity contribution < 1.29 is 14.4 Å². The van der Waals surface area contributed by atoms with Gasteiger partial charge in [0.05, 0.1) is 18.6 Å². The maximum absolute atomic E-state index is 11.5. The van der Waals surface area contributed by atoms with Gasteiger partial charge in [-0.15, -0.1) is 0 Å². The van der Waals surface area contributed by atoms with Crippen molar-refractivity contribution in [2.75, 3.05) is 6.61 Å². The lowest BCUT2D eigenvalue weighted by atomic mass is 9.98. The van der Waals surface area contributed by atoms with Crippen LogP contribution in [0.15, 0.2) is 30.3 Å². The molecule has 98 valence electrons. The van der Waals surface area contributed by atoms with Crippen LogP contribution >= 0.6 is 0 Å². The van der Waals surface area contributed by atoms with Crippen molar-refractivity contribution in [1.82, 2.24) is 5.48 Å². The van der Waals surface area contributed by atoms with Crippen LogP contribution in [0.1, 0.15) is 25.3 Å². The lowest BCUT2D eigenvalue weighted by Gasteiger charge is -2.15. The van der Waals surface area contributed by atoms with Crippen molar-refractivity contribution in [2.45, 2.75) is 32.4 Å². The summed E-state index contributed by atoms with van der Waals surface area (Å²) in [6.07, 6.45) is 1.81. The molecule has 0 amide bonds. The maximum Gasteiger partial charge on any atom is 0.310 e. The number of hydrogen-bond donors (Lipinski definition) is 1. The van der Waals surface area contributed by atoms with Gasteiger partial charge in [0, 0.05) is 0 Å². The van der Waals surface area contributed by atoms with Gasteiger partial charge in [-0.3, -0.25) is 9.63 Å². The molecule has 0 radical (unpaired) electrons. The van der Waals surface area contributed by atoms with E-state index >= 15 is 0 Å². The fraction of sp³-hybridized carbons (Fsp3) is 0.500. The minimum atomic E-state index is -0.113. The van der Waals surface area contributed by atoms with Crippen LogP contribution < -0.4 is 5.48 Å². The standard InChI is InChI=1S/C14H19NO3/c1-2-6-12-13(10-17-14(12)16)15-18-9-11-7-4-3-5-8-11/h3-5,7-8,12-13,15H,2,6,9-10H2,1H3/t12-,13+/m0/s1. The van der Waals surface area contributed by atoms with E-state index in [2.05, 4.69) is 12.4 Å². The van der Waals surface area contributed by atoms with Crippen molar-refractivity contribution in [3.05, 3.63) is 35.9 Å². The summed E-state index contributed by atoms with van der Waals surface area (Å²) in [4.78, 5) is 16.9. The van der Waals surface area contributed by atoms with Gasteiger partial charge < -0.3 is 4.74 Å². The topological polar surface area (TPSA) is 47.6 Å². The molecule has 0 saturated carbocycles. The predicted molar refractivity (Wildman–Crippen MR) is 67.5 cm³/mol. The summed E-state index contributed by atoms with van der Waals surface area (Å²) in [5.74, 6) is -0.191. The molecule has 1 heterocycles. The van der Waals surface area contributed by atoms with Crippen molar-refractivity contribution in [1.29, 1.82) is 0 Å². The fourth-order valence-electron chi connectivity index (χ4n) is 2.11. The zero-order valence-corrected chi connectivity index (χ0v) is 10.6. The van der Waals surface area contributed by atoms with Gasteiger partial charge in [0.25, 0.3) is 0 Å². The smallest absolute Gasteiger partial charge is 0.310 e. The molecule has 0 aliphatic carbocycles. The largest absolute Gasteiger partial charge is 0.464 e. The Balaban J connectivity index is 1.78. The first-order valence-corrected chi connectivity index (χ1v) is 6.39. The van der Waals surface area contributed by atoms with Crippen molar-refractivity contribution in [3.63, 3.8) is 0 Å². The van der Waals surface area contributed by atoms with Gasteiger partial charge in [0.1, 0.15) is 6.61 Å². The van der Waals surface area contributed by atoms with Crippen LogP contribution in [0.3, 0.4) is 0 Å². The van der Waals surface area contributed by atoms with Gasteiger partial charge in [-0.25, -0.2) is 0 Å². The summed E-state index contributed by atoms with van der Waals surface area (Å²) in [5, 5.41) is 0. The molecule has 0 bridgehead atoms. The molecule has 2 rings (SSSR count). The first-order valence-electron chi connectivity index (χ1n) is 6.39. The van der Waals surface area contributed by atoms with Gasteiger partial charge in [-0.2, -0.15) is 5.48 Å². The summed E-state index contributed by atoms with van der Waals surface area (Å²) in [5.41, 5.74) is 4.05. The van der Waals surface area contributed by atoms with E-state index in [1.54, 1.807) is 0 Å². The molecule has 4 heteroatoms. The average molecular weight is 249 g/mol. The number of ether oxygens (including phenoxy) is 1. The van der Waals surface area contributed by atoms with Gasteiger partial charge in [0.15, 0.2) is 0 Å². The number of esters is 1. The second kappa shape index (κ2) is 6.52. The lowest BCUT2D eigenvalue weighted by molar-refractivity contribution is -0.141. The number of hydroxylamine groups is 1. The number of rotatable bonds is 6. The zero-order valence-electron chi connectivity index (χ0n) is 10.6. The molecule has 4 nitrogen and oxygen atoms in total. The Morgan fingerprint density at radius 3 is 2.89 bits per heavy atom. The van der Waals surface area contributed by atoms with Crippen molar-refractivity contribution in [2.24, 2.45) is 5.92 Å². The highest BCUT2D eigenvalue weighted by molar-refractivity contribution is 5.75. The SMILES string of the molecule is CCC[C@@H]1C(=O)OC[C@H]1NOCc1ccccc1. The van der Waals surface area contributed by atoms with E-state index in [0.717, 1.165) is 18.4 Å². The van der Waals surface area contributed by atoms with Crippen LogP contribution in [0.5, 0.6) is 0 Å². The molecule has 1 saturated heterocycles. The van der Waals surface area contributed by atoms with Crippen LogP contribution in [0.25, 0.3) is 0 Å². The Bertz CT molecular complexity index is 380. The quantitative estimate of drug-likeness (QED) is 0.619. The highest BCUT2D eigenvalue weighted by Gasteiger charge is 2.36. The third-order valence-electron chi connectivity index (χ3n) is 3.11. The van der Waals surface area contributed by atoms with E-state index in [0.29, 0.717) is 13.2 Å². The van der Waals surface area contributed by atoms with E-state index in [-0.39, 0.29) is 17.9 Å². The van der Waals surface area contributed by atoms with Gasteiger partial charge >= 0.3 is 5.97 Å². The van der Waals surface area contributed by atoms with Crippen LogP contribution in [0.2, 0.25) is 0 Å². The summed E-state index contributed by atoms with van der Waals surface area (Å²) >= 11 is 0. The minimum absolute atomic E-state index is 0.0267. The summed E-state index contributed by atoms with van der Waals surface area (Å²) in [6, 6.07) is 9.89. The summed E-state index contributed by atoms with van der Waals surface area (Å²) < 4.78 is 5.05. The van der Waals surface area contributed by atoms with E-state index in [1.165, 1.54) is 0 Å². The molecule has 1 fully saturated rings. The van der Waals surface area contributed by atoms with E-state index < -0.39 is 0 Å². The molecule has 0 spiro atoms. The molecule has 0 unspecified atom stereocenters. The Labute approximate surface area is 107 Å². The van der Waals surface area contributed by atoms with Crippen LogP contribution in [-0.2, 0) is 21.0 Å². The molecule has 1 aromatic rings. The summed E-state index contributed by atoms with van der Waals surface area (Å²) in [6.45, 7) is 2.95. The summed E-state index contributed by atoms with van der Waals surface area (Å²) in [7, 11) is 0. The van der Waals surface area contributed by atoms with E-state index in [4.69, 9.17) is 9.57 Å². The number of cyclic esters (lactones) is 1. The number of carbonyl (C=O) groups is 1.